The Morgan fingerprint density at radius 2 is 1.61 bits per heavy atom. The molecule has 1 amide bonds. The minimum atomic E-state index is -0.442. The average molecular weight is 366 g/mol. The summed E-state index contributed by atoms with van der Waals surface area (Å²) >= 11 is 0. The molecule has 1 atom stereocenters. The predicted molar refractivity (Wildman–Crippen MR) is 110 cm³/mol. The summed E-state index contributed by atoms with van der Waals surface area (Å²) in [6.07, 6.45) is 1.30. The van der Waals surface area contributed by atoms with Gasteiger partial charge in [-0.1, -0.05) is 42.0 Å². The number of carbonyl (C=O) groups excluding carboxylic acids is 1. The summed E-state index contributed by atoms with van der Waals surface area (Å²) in [4.78, 5) is 24.5. The first-order chi connectivity index (χ1) is 13.7. The van der Waals surface area contributed by atoms with Crippen LogP contribution in [-0.4, -0.2) is 15.9 Å². The molecule has 0 fully saturated rings. The third kappa shape index (κ3) is 2.68. The lowest BCUT2D eigenvalue weighted by atomic mass is 10.0. The fourth-order valence-corrected chi connectivity index (χ4v) is 3.54. The van der Waals surface area contributed by atoms with Gasteiger partial charge in [-0.25, -0.2) is 4.98 Å². The van der Waals surface area contributed by atoms with Crippen LogP contribution >= 0.6 is 0 Å². The highest BCUT2D eigenvalue weighted by Gasteiger charge is 2.35. The van der Waals surface area contributed by atoms with Gasteiger partial charge in [0.25, 0.3) is 5.91 Å². The van der Waals surface area contributed by atoms with E-state index >= 15 is 0 Å². The van der Waals surface area contributed by atoms with Crippen molar-refractivity contribution in [1.29, 1.82) is 0 Å². The number of benzene rings is 3. The van der Waals surface area contributed by atoms with Crippen LogP contribution in [0.3, 0.4) is 0 Å². The van der Waals surface area contributed by atoms with Crippen LogP contribution in [0.25, 0.3) is 11.0 Å². The summed E-state index contributed by atoms with van der Waals surface area (Å²) in [5, 5.41) is 3.47. The van der Waals surface area contributed by atoms with Gasteiger partial charge in [-0.15, -0.1) is 0 Å². The molecule has 0 radical (unpaired) electrons. The van der Waals surface area contributed by atoms with Crippen molar-refractivity contribution in [2.75, 3.05) is 10.2 Å². The molecule has 28 heavy (non-hydrogen) atoms. The topological polar surface area (TPSA) is 58.1 Å². The number of amides is 1. The second kappa shape index (κ2) is 6.46. The van der Waals surface area contributed by atoms with Gasteiger partial charge in [-0.2, -0.15) is 0 Å². The van der Waals surface area contributed by atoms with Crippen molar-refractivity contribution in [2.45, 2.75) is 13.1 Å². The highest BCUT2D eigenvalue weighted by Crippen LogP contribution is 2.36. The van der Waals surface area contributed by atoms with Crippen molar-refractivity contribution in [2.24, 2.45) is 0 Å². The summed E-state index contributed by atoms with van der Waals surface area (Å²) in [6.45, 7) is 2.03. The van der Waals surface area contributed by atoms with Gasteiger partial charge in [0.05, 0.1) is 22.8 Å². The Morgan fingerprint density at radius 3 is 2.43 bits per heavy atom. The number of aromatic nitrogens is 2. The molecule has 136 valence electrons. The third-order valence-electron chi connectivity index (χ3n) is 4.99. The third-order valence-corrected chi connectivity index (χ3v) is 4.99. The van der Waals surface area contributed by atoms with Crippen LogP contribution in [0.1, 0.15) is 27.8 Å². The molecule has 0 saturated heterocycles. The minimum Gasteiger partial charge on any atom is -0.359 e. The summed E-state index contributed by atoms with van der Waals surface area (Å²) in [5.41, 5.74) is 5.74. The Bertz CT molecular complexity index is 1190. The van der Waals surface area contributed by atoms with Crippen LogP contribution in [0.4, 0.5) is 11.4 Å². The predicted octanol–water partition coefficient (Wildman–Crippen LogP) is 4.71. The summed E-state index contributed by atoms with van der Waals surface area (Å²) in [6, 6.07) is 23.2. The fraction of sp³-hybridized carbons (Fsp3) is 0.0870. The van der Waals surface area contributed by atoms with Gasteiger partial charge in [0.1, 0.15) is 5.69 Å². The lowest BCUT2D eigenvalue weighted by molar-refractivity contribution is 0.0974. The zero-order chi connectivity index (χ0) is 19.1. The first kappa shape index (κ1) is 16.4. The van der Waals surface area contributed by atoms with Crippen molar-refractivity contribution in [3.63, 3.8) is 0 Å². The van der Waals surface area contributed by atoms with E-state index in [1.807, 2.05) is 79.7 Å². The second-order valence-electron chi connectivity index (χ2n) is 6.89. The maximum atomic E-state index is 13.4. The molecule has 2 heterocycles. The standard InChI is InChI=1S/C23H18N4O/c1-15-10-12-16(13-11-15)27-22(26-18-7-3-2-6-17(18)23(27)28)21-14-24-19-8-4-5-9-20(19)25-21/h2-14,22,26H,1H3/t22-/m0/s1. The SMILES string of the molecule is Cc1ccc(N2C(=O)c3ccccc3N[C@@H]2c2cnc3ccccc3n2)cc1. The van der Waals surface area contributed by atoms with Crippen molar-refractivity contribution < 1.29 is 4.79 Å². The van der Waals surface area contributed by atoms with Crippen LogP contribution < -0.4 is 10.2 Å². The highest BCUT2D eigenvalue weighted by atomic mass is 16.2. The van der Waals surface area contributed by atoms with E-state index < -0.39 is 6.17 Å². The molecule has 0 bridgehead atoms. The number of hydrogen-bond donors (Lipinski definition) is 1. The molecule has 1 aromatic heterocycles. The Morgan fingerprint density at radius 1 is 0.893 bits per heavy atom. The normalized spacial score (nSPS) is 16.0. The van der Waals surface area contributed by atoms with Crippen molar-refractivity contribution in [3.05, 3.63) is 95.8 Å². The zero-order valence-corrected chi connectivity index (χ0v) is 15.3. The largest absolute Gasteiger partial charge is 0.359 e. The molecule has 5 nitrogen and oxygen atoms in total. The van der Waals surface area contributed by atoms with Gasteiger partial charge in [0, 0.05) is 11.4 Å². The summed E-state index contributed by atoms with van der Waals surface area (Å²) in [7, 11) is 0. The van der Waals surface area contributed by atoms with E-state index in [4.69, 9.17) is 4.98 Å². The molecule has 3 aromatic carbocycles. The van der Waals surface area contributed by atoms with E-state index in [0.717, 1.165) is 28.0 Å². The lowest BCUT2D eigenvalue weighted by Crippen LogP contribution is -2.43. The maximum absolute atomic E-state index is 13.4. The summed E-state index contributed by atoms with van der Waals surface area (Å²) < 4.78 is 0. The highest BCUT2D eigenvalue weighted by molar-refractivity contribution is 6.12. The Balaban J connectivity index is 1.67. The van der Waals surface area contributed by atoms with Gasteiger partial charge >= 0.3 is 0 Å². The van der Waals surface area contributed by atoms with E-state index in [9.17, 15) is 4.79 Å². The molecule has 5 heteroatoms. The van der Waals surface area contributed by atoms with Crippen LogP contribution in [0.15, 0.2) is 79.0 Å². The number of para-hydroxylation sites is 3. The Kier molecular flexibility index (Phi) is 3.79. The van der Waals surface area contributed by atoms with Gasteiger partial charge in [-0.05, 0) is 43.3 Å². The number of nitrogens with one attached hydrogen (secondary N) is 1. The van der Waals surface area contributed by atoms with Gasteiger partial charge in [-0.3, -0.25) is 14.7 Å². The fourth-order valence-electron chi connectivity index (χ4n) is 3.54. The molecule has 5 rings (SSSR count). The zero-order valence-electron chi connectivity index (χ0n) is 15.3. The number of anilines is 2. The van der Waals surface area contributed by atoms with Crippen LogP contribution in [0.2, 0.25) is 0 Å². The monoisotopic (exact) mass is 366 g/mol. The molecule has 1 aliphatic heterocycles. The number of fused-ring (bicyclic) bond motifs is 2. The number of hydrogen-bond acceptors (Lipinski definition) is 4. The average Bonchev–Trinajstić information content (AvgIpc) is 2.74. The van der Waals surface area contributed by atoms with Gasteiger partial charge < -0.3 is 5.32 Å². The Labute approximate surface area is 162 Å². The number of aryl methyl sites for hydroxylation is 1. The molecule has 0 spiro atoms. The van der Waals surface area contributed by atoms with Gasteiger partial charge in [0.15, 0.2) is 6.17 Å². The second-order valence-corrected chi connectivity index (χ2v) is 6.89. The van der Waals surface area contributed by atoms with E-state index in [1.54, 1.807) is 11.1 Å². The summed E-state index contributed by atoms with van der Waals surface area (Å²) in [5.74, 6) is -0.0573. The maximum Gasteiger partial charge on any atom is 0.262 e. The van der Waals surface area contributed by atoms with Crippen molar-refractivity contribution >= 4 is 28.3 Å². The minimum absolute atomic E-state index is 0.0573. The lowest BCUT2D eigenvalue weighted by Gasteiger charge is -2.37. The van der Waals surface area contributed by atoms with Gasteiger partial charge in [0.2, 0.25) is 0 Å². The molecular weight excluding hydrogens is 348 g/mol. The quantitative estimate of drug-likeness (QED) is 0.558. The first-order valence-electron chi connectivity index (χ1n) is 9.18. The number of carbonyl (C=O) groups is 1. The van der Waals surface area contributed by atoms with Crippen LogP contribution in [-0.2, 0) is 0 Å². The van der Waals surface area contributed by atoms with Crippen LogP contribution in [0.5, 0.6) is 0 Å². The number of nitrogens with zero attached hydrogens (tertiary/aromatic N) is 3. The van der Waals surface area contributed by atoms with Crippen LogP contribution in [0, 0.1) is 6.92 Å². The molecule has 0 aliphatic carbocycles. The smallest absolute Gasteiger partial charge is 0.262 e. The molecule has 1 aliphatic rings. The molecule has 0 saturated carbocycles. The molecule has 0 unspecified atom stereocenters. The van der Waals surface area contributed by atoms with Crippen molar-refractivity contribution in [1.82, 2.24) is 9.97 Å². The van der Waals surface area contributed by atoms with E-state index in [1.165, 1.54) is 0 Å². The molecular formula is C23H18N4O. The van der Waals surface area contributed by atoms with E-state index in [0.29, 0.717) is 11.3 Å². The Hall–Kier alpha value is -3.73. The van der Waals surface area contributed by atoms with E-state index in [-0.39, 0.29) is 5.91 Å². The molecule has 4 aromatic rings. The van der Waals surface area contributed by atoms with E-state index in [2.05, 4.69) is 10.3 Å². The molecule has 1 N–H and O–H groups in total. The van der Waals surface area contributed by atoms with Crippen molar-refractivity contribution in [3.8, 4) is 0 Å². The first-order valence-corrected chi connectivity index (χ1v) is 9.18. The number of rotatable bonds is 2.